The van der Waals surface area contributed by atoms with Gasteiger partial charge in [-0.1, -0.05) is 36.4 Å². The molecule has 0 bridgehead atoms. The Balaban J connectivity index is 1.31. The van der Waals surface area contributed by atoms with Crippen LogP contribution in [0, 0.1) is 0 Å². The predicted octanol–water partition coefficient (Wildman–Crippen LogP) is 5.13. The van der Waals surface area contributed by atoms with Gasteiger partial charge in [-0.15, -0.1) is 0 Å². The van der Waals surface area contributed by atoms with Gasteiger partial charge in [0.2, 0.25) is 0 Å². The van der Waals surface area contributed by atoms with E-state index in [2.05, 4.69) is 86.3 Å². The summed E-state index contributed by atoms with van der Waals surface area (Å²) in [6.45, 7) is 3.43. The van der Waals surface area contributed by atoms with Crippen LogP contribution in [0.2, 0.25) is 0 Å². The molecule has 0 saturated carbocycles. The fraction of sp³-hybridized carbons (Fsp3) is 0.154. The molecular weight excluding hydrogens is 398 g/mol. The first-order valence-corrected chi connectivity index (χ1v) is 10.9. The second kappa shape index (κ2) is 7.98. The first kappa shape index (κ1) is 18.8. The second-order valence-electron chi connectivity index (χ2n) is 7.95. The van der Waals surface area contributed by atoms with Crippen molar-refractivity contribution in [3.63, 3.8) is 0 Å². The molecule has 1 aliphatic heterocycles. The fourth-order valence-electron chi connectivity index (χ4n) is 4.28. The molecule has 0 amide bonds. The number of fused-ring (bicyclic) bond motifs is 2. The molecule has 6 heteroatoms. The molecule has 3 heterocycles. The molecule has 0 atom stereocenters. The van der Waals surface area contributed by atoms with Crippen LogP contribution in [0.3, 0.4) is 0 Å². The average Bonchev–Trinajstić information content (AvgIpc) is 3.36. The lowest BCUT2D eigenvalue weighted by molar-refractivity contribution is 0.122. The zero-order valence-corrected chi connectivity index (χ0v) is 17.6. The third-order valence-electron chi connectivity index (χ3n) is 5.98. The van der Waals surface area contributed by atoms with Crippen LogP contribution < -0.4 is 10.2 Å². The summed E-state index contributed by atoms with van der Waals surface area (Å²) in [6.07, 6.45) is 5.70. The second-order valence-corrected chi connectivity index (χ2v) is 7.95. The smallest absolute Gasteiger partial charge is 0.180 e. The van der Waals surface area contributed by atoms with Crippen LogP contribution in [0.25, 0.3) is 27.7 Å². The minimum atomic E-state index is 0.735. The lowest BCUT2D eigenvalue weighted by atomic mass is 10.1. The Morgan fingerprint density at radius 3 is 2.50 bits per heavy atom. The normalized spacial score (nSPS) is 14.2. The number of nitrogens with one attached hydrogen (secondary N) is 1. The predicted molar refractivity (Wildman–Crippen MR) is 129 cm³/mol. The minimum Gasteiger partial charge on any atom is -0.378 e. The summed E-state index contributed by atoms with van der Waals surface area (Å²) in [7, 11) is 0. The maximum absolute atomic E-state index is 5.45. The zero-order valence-electron chi connectivity index (χ0n) is 17.6. The van der Waals surface area contributed by atoms with Crippen molar-refractivity contribution >= 4 is 33.6 Å². The number of ether oxygens (including phenoxy) is 1. The standard InChI is InChI=1S/C26H23N5O/c1-2-4-20-17-21(6-5-19(20)3-1)24-18-28-25(26-27-11-12-31(24)26)29-22-7-9-23(10-8-22)30-13-15-32-16-14-30/h1-12,17-18H,13-16H2,(H,28,29). The molecule has 158 valence electrons. The molecule has 1 fully saturated rings. The average molecular weight is 422 g/mol. The van der Waals surface area contributed by atoms with Gasteiger partial charge in [0.1, 0.15) is 0 Å². The molecule has 2 aromatic heterocycles. The molecule has 1 saturated heterocycles. The first-order valence-electron chi connectivity index (χ1n) is 10.9. The van der Waals surface area contributed by atoms with Gasteiger partial charge in [-0.2, -0.15) is 0 Å². The summed E-state index contributed by atoms with van der Waals surface area (Å²) in [5.41, 5.74) is 5.12. The van der Waals surface area contributed by atoms with E-state index in [0.717, 1.165) is 54.7 Å². The van der Waals surface area contributed by atoms with E-state index in [-0.39, 0.29) is 0 Å². The number of aromatic nitrogens is 3. The van der Waals surface area contributed by atoms with Crippen molar-refractivity contribution in [2.75, 3.05) is 36.5 Å². The van der Waals surface area contributed by atoms with Crippen molar-refractivity contribution < 1.29 is 4.74 Å². The summed E-state index contributed by atoms with van der Waals surface area (Å²) >= 11 is 0. The fourth-order valence-corrected chi connectivity index (χ4v) is 4.28. The van der Waals surface area contributed by atoms with Gasteiger partial charge in [0.15, 0.2) is 11.5 Å². The Kier molecular flexibility index (Phi) is 4.70. The summed E-state index contributed by atoms with van der Waals surface area (Å²) in [5.74, 6) is 0.735. The number of imidazole rings is 1. The van der Waals surface area contributed by atoms with Crippen molar-refractivity contribution in [1.29, 1.82) is 0 Å². The third kappa shape index (κ3) is 3.44. The van der Waals surface area contributed by atoms with E-state index in [1.54, 1.807) is 0 Å². The highest BCUT2D eigenvalue weighted by Crippen LogP contribution is 2.28. The Hall–Kier alpha value is -3.90. The molecule has 0 radical (unpaired) electrons. The van der Waals surface area contributed by atoms with E-state index in [0.29, 0.717) is 0 Å². The van der Waals surface area contributed by atoms with Crippen molar-refractivity contribution in [2.45, 2.75) is 0 Å². The van der Waals surface area contributed by atoms with E-state index in [1.807, 2.05) is 18.6 Å². The van der Waals surface area contributed by atoms with E-state index in [1.165, 1.54) is 16.5 Å². The highest BCUT2D eigenvalue weighted by molar-refractivity contribution is 5.87. The first-order chi connectivity index (χ1) is 15.8. The highest BCUT2D eigenvalue weighted by Gasteiger charge is 2.13. The molecule has 0 aliphatic carbocycles. The molecule has 5 aromatic rings. The number of morpholine rings is 1. The van der Waals surface area contributed by atoms with Crippen molar-refractivity contribution in [3.05, 3.63) is 85.3 Å². The molecule has 32 heavy (non-hydrogen) atoms. The number of hydrogen-bond donors (Lipinski definition) is 1. The lowest BCUT2D eigenvalue weighted by Gasteiger charge is -2.28. The van der Waals surface area contributed by atoms with Gasteiger partial charge >= 0.3 is 0 Å². The molecule has 0 unspecified atom stereocenters. The minimum absolute atomic E-state index is 0.735. The van der Waals surface area contributed by atoms with Crippen molar-refractivity contribution in [1.82, 2.24) is 14.4 Å². The lowest BCUT2D eigenvalue weighted by Crippen LogP contribution is -2.36. The number of benzene rings is 3. The maximum Gasteiger partial charge on any atom is 0.180 e. The van der Waals surface area contributed by atoms with E-state index >= 15 is 0 Å². The summed E-state index contributed by atoms with van der Waals surface area (Å²) in [6, 6.07) is 23.3. The van der Waals surface area contributed by atoms with Crippen molar-refractivity contribution in [2.24, 2.45) is 0 Å². The third-order valence-corrected chi connectivity index (χ3v) is 5.98. The van der Waals surface area contributed by atoms with Crippen LogP contribution in [0.1, 0.15) is 0 Å². The Morgan fingerprint density at radius 2 is 1.66 bits per heavy atom. The quantitative estimate of drug-likeness (QED) is 0.436. The zero-order chi connectivity index (χ0) is 21.3. The Bertz CT molecular complexity index is 1390. The Morgan fingerprint density at radius 1 is 0.844 bits per heavy atom. The SMILES string of the molecule is c1ccc2cc(-c3cnc(Nc4ccc(N5CCOCC5)cc4)c4nccn34)ccc2c1. The number of hydrogen-bond acceptors (Lipinski definition) is 5. The monoisotopic (exact) mass is 421 g/mol. The van der Waals surface area contributed by atoms with Crippen LogP contribution in [-0.2, 0) is 4.74 Å². The van der Waals surface area contributed by atoms with E-state index in [4.69, 9.17) is 9.72 Å². The maximum atomic E-state index is 5.45. The van der Waals surface area contributed by atoms with Crippen molar-refractivity contribution in [3.8, 4) is 11.3 Å². The van der Waals surface area contributed by atoms with Crippen LogP contribution in [0.15, 0.2) is 85.3 Å². The highest BCUT2D eigenvalue weighted by atomic mass is 16.5. The van der Waals surface area contributed by atoms with E-state index in [9.17, 15) is 0 Å². The van der Waals surface area contributed by atoms with Gasteiger partial charge in [-0.05, 0) is 41.1 Å². The van der Waals surface area contributed by atoms with Gasteiger partial charge in [0.05, 0.1) is 25.1 Å². The molecule has 0 spiro atoms. The van der Waals surface area contributed by atoms with Gasteiger partial charge in [0.25, 0.3) is 0 Å². The van der Waals surface area contributed by atoms with Crippen LogP contribution in [-0.4, -0.2) is 40.7 Å². The summed E-state index contributed by atoms with van der Waals surface area (Å²) < 4.78 is 7.53. The van der Waals surface area contributed by atoms with Crippen LogP contribution >= 0.6 is 0 Å². The topological polar surface area (TPSA) is 54.7 Å². The van der Waals surface area contributed by atoms with Gasteiger partial charge in [-0.25, -0.2) is 9.97 Å². The molecular formula is C26H23N5O. The molecule has 1 N–H and O–H groups in total. The Labute approximate surface area is 186 Å². The van der Waals surface area contributed by atoms with Crippen LogP contribution in [0.5, 0.6) is 0 Å². The van der Waals surface area contributed by atoms with Gasteiger partial charge < -0.3 is 15.0 Å². The number of anilines is 3. The van der Waals surface area contributed by atoms with Crippen LogP contribution in [0.4, 0.5) is 17.2 Å². The number of nitrogens with zero attached hydrogens (tertiary/aromatic N) is 4. The molecule has 1 aliphatic rings. The summed E-state index contributed by atoms with van der Waals surface area (Å²) in [4.78, 5) is 11.6. The number of rotatable bonds is 4. The largest absolute Gasteiger partial charge is 0.378 e. The van der Waals surface area contributed by atoms with Gasteiger partial charge in [0, 0.05) is 42.4 Å². The molecule has 3 aromatic carbocycles. The molecule has 6 rings (SSSR count). The van der Waals surface area contributed by atoms with Gasteiger partial charge in [-0.3, -0.25) is 4.40 Å². The summed E-state index contributed by atoms with van der Waals surface area (Å²) in [5, 5.41) is 5.87. The molecule has 6 nitrogen and oxygen atoms in total. The van der Waals surface area contributed by atoms with E-state index < -0.39 is 0 Å².